The Kier molecular flexibility index (Phi) is 4.56. The summed E-state index contributed by atoms with van der Waals surface area (Å²) in [6.45, 7) is 4.70. The third-order valence-electron chi connectivity index (χ3n) is 5.18. The van der Waals surface area contributed by atoms with Gasteiger partial charge in [-0.1, -0.05) is 18.6 Å². The number of rotatable bonds is 3. The van der Waals surface area contributed by atoms with E-state index in [1.54, 1.807) is 9.13 Å². The standard InChI is InChI=1S/C21H24N4O2/c1-14-7-6-8-16(11-14)22-19(26)13-25-15(2)12-17-20(25)21(27)24-10-5-3-4-9-18(24)23-17/h6-8,11-12H,3-5,9-10,13H2,1-2H3,(H,22,26). The van der Waals surface area contributed by atoms with Crippen LogP contribution in [0.4, 0.5) is 5.69 Å². The number of carbonyl (C=O) groups is 1. The molecule has 4 rings (SSSR count). The zero-order valence-electron chi connectivity index (χ0n) is 15.8. The molecule has 0 saturated heterocycles. The third kappa shape index (κ3) is 3.39. The first-order chi connectivity index (χ1) is 13.0. The summed E-state index contributed by atoms with van der Waals surface area (Å²) in [6, 6.07) is 9.59. The number of aryl methyl sites for hydroxylation is 3. The van der Waals surface area contributed by atoms with Gasteiger partial charge in [0.1, 0.15) is 17.9 Å². The molecule has 3 aromatic rings. The van der Waals surface area contributed by atoms with E-state index in [0.29, 0.717) is 17.6 Å². The van der Waals surface area contributed by atoms with Crippen molar-refractivity contribution in [1.29, 1.82) is 0 Å². The van der Waals surface area contributed by atoms with Gasteiger partial charge in [0.2, 0.25) is 5.91 Å². The Morgan fingerprint density at radius 2 is 2.04 bits per heavy atom. The molecule has 1 aliphatic heterocycles. The summed E-state index contributed by atoms with van der Waals surface area (Å²) in [6.07, 6.45) is 4.01. The van der Waals surface area contributed by atoms with Crippen molar-refractivity contribution in [2.75, 3.05) is 5.32 Å². The minimum atomic E-state index is -0.152. The maximum atomic E-state index is 13.1. The summed E-state index contributed by atoms with van der Waals surface area (Å²) in [4.78, 5) is 30.4. The molecule has 0 unspecified atom stereocenters. The Labute approximate surface area is 157 Å². The number of nitrogens with zero attached hydrogens (tertiary/aromatic N) is 3. The number of nitrogens with one attached hydrogen (secondary N) is 1. The topological polar surface area (TPSA) is 68.9 Å². The third-order valence-corrected chi connectivity index (χ3v) is 5.18. The van der Waals surface area contributed by atoms with E-state index in [1.165, 1.54) is 0 Å². The number of aromatic nitrogens is 3. The van der Waals surface area contributed by atoms with Crippen LogP contribution >= 0.6 is 0 Å². The highest BCUT2D eigenvalue weighted by molar-refractivity contribution is 5.92. The Bertz CT molecular complexity index is 1080. The quantitative estimate of drug-likeness (QED) is 0.776. The zero-order chi connectivity index (χ0) is 19.0. The Morgan fingerprint density at radius 1 is 1.19 bits per heavy atom. The highest BCUT2D eigenvalue weighted by atomic mass is 16.2. The van der Waals surface area contributed by atoms with Crippen molar-refractivity contribution >= 4 is 22.6 Å². The van der Waals surface area contributed by atoms with Crippen LogP contribution in [0.2, 0.25) is 0 Å². The first kappa shape index (κ1) is 17.5. The molecule has 140 valence electrons. The lowest BCUT2D eigenvalue weighted by Gasteiger charge is -2.12. The maximum Gasteiger partial charge on any atom is 0.278 e. The number of anilines is 1. The van der Waals surface area contributed by atoms with Crippen molar-refractivity contribution < 1.29 is 4.79 Å². The summed E-state index contributed by atoms with van der Waals surface area (Å²) >= 11 is 0. The number of carbonyl (C=O) groups excluding carboxylic acids is 1. The lowest BCUT2D eigenvalue weighted by Crippen LogP contribution is -2.28. The van der Waals surface area contributed by atoms with Gasteiger partial charge in [0.15, 0.2) is 0 Å². The molecular formula is C21H24N4O2. The van der Waals surface area contributed by atoms with Crippen molar-refractivity contribution in [3.8, 4) is 0 Å². The van der Waals surface area contributed by atoms with Crippen LogP contribution in [0.15, 0.2) is 35.1 Å². The van der Waals surface area contributed by atoms with Gasteiger partial charge in [-0.3, -0.25) is 14.2 Å². The number of benzene rings is 1. The van der Waals surface area contributed by atoms with Crippen LogP contribution in [0.3, 0.4) is 0 Å². The lowest BCUT2D eigenvalue weighted by atomic mass is 10.2. The van der Waals surface area contributed by atoms with Gasteiger partial charge in [0.25, 0.3) is 5.56 Å². The molecule has 27 heavy (non-hydrogen) atoms. The monoisotopic (exact) mass is 364 g/mol. The predicted molar refractivity (Wildman–Crippen MR) is 106 cm³/mol. The molecule has 2 aromatic heterocycles. The second kappa shape index (κ2) is 7.02. The van der Waals surface area contributed by atoms with E-state index >= 15 is 0 Å². The van der Waals surface area contributed by atoms with E-state index in [1.807, 2.05) is 44.2 Å². The average molecular weight is 364 g/mol. The van der Waals surface area contributed by atoms with Gasteiger partial charge in [0, 0.05) is 24.3 Å². The molecule has 6 heteroatoms. The summed E-state index contributed by atoms with van der Waals surface area (Å²) in [5, 5.41) is 2.92. The van der Waals surface area contributed by atoms with Gasteiger partial charge in [-0.2, -0.15) is 0 Å². The fourth-order valence-corrected chi connectivity index (χ4v) is 3.84. The lowest BCUT2D eigenvalue weighted by molar-refractivity contribution is -0.116. The van der Waals surface area contributed by atoms with Crippen molar-refractivity contribution in [2.24, 2.45) is 0 Å². The van der Waals surface area contributed by atoms with Crippen LogP contribution in [0.25, 0.3) is 11.0 Å². The van der Waals surface area contributed by atoms with Crippen LogP contribution in [-0.2, 0) is 24.3 Å². The molecule has 1 aromatic carbocycles. The van der Waals surface area contributed by atoms with E-state index in [9.17, 15) is 9.59 Å². The second-order valence-electron chi connectivity index (χ2n) is 7.32. The molecule has 0 saturated carbocycles. The van der Waals surface area contributed by atoms with Gasteiger partial charge in [-0.05, 0) is 50.5 Å². The van der Waals surface area contributed by atoms with Gasteiger partial charge in [-0.15, -0.1) is 0 Å². The van der Waals surface area contributed by atoms with Crippen molar-refractivity contribution in [3.63, 3.8) is 0 Å². The zero-order valence-corrected chi connectivity index (χ0v) is 15.8. The summed E-state index contributed by atoms with van der Waals surface area (Å²) in [5.74, 6) is 0.715. The minimum Gasteiger partial charge on any atom is -0.330 e. The van der Waals surface area contributed by atoms with E-state index in [0.717, 1.165) is 48.5 Å². The highest BCUT2D eigenvalue weighted by Crippen LogP contribution is 2.19. The first-order valence-electron chi connectivity index (χ1n) is 9.49. The molecule has 0 aliphatic carbocycles. The number of hydrogen-bond acceptors (Lipinski definition) is 3. The SMILES string of the molecule is Cc1cccc(NC(=O)Cn2c(C)cc3nc4n(c(=O)c32)CCCCC4)c1. The van der Waals surface area contributed by atoms with Crippen molar-refractivity contribution in [3.05, 3.63) is 57.8 Å². The van der Waals surface area contributed by atoms with Crippen LogP contribution in [0.1, 0.15) is 36.3 Å². The second-order valence-corrected chi connectivity index (χ2v) is 7.32. The molecule has 0 atom stereocenters. The van der Waals surface area contributed by atoms with Gasteiger partial charge < -0.3 is 9.88 Å². The van der Waals surface area contributed by atoms with Crippen molar-refractivity contribution in [2.45, 2.75) is 52.6 Å². The summed E-state index contributed by atoms with van der Waals surface area (Å²) in [5.41, 5.74) is 3.90. The molecule has 1 aliphatic rings. The number of fused-ring (bicyclic) bond motifs is 2. The Balaban J connectivity index is 1.69. The number of hydrogen-bond donors (Lipinski definition) is 1. The smallest absolute Gasteiger partial charge is 0.278 e. The van der Waals surface area contributed by atoms with E-state index in [-0.39, 0.29) is 18.0 Å². The largest absolute Gasteiger partial charge is 0.330 e. The molecule has 1 amide bonds. The molecule has 6 nitrogen and oxygen atoms in total. The van der Waals surface area contributed by atoms with Crippen LogP contribution in [0, 0.1) is 13.8 Å². The first-order valence-corrected chi connectivity index (χ1v) is 9.49. The predicted octanol–water partition coefficient (Wildman–Crippen LogP) is 3.18. The number of amides is 1. The normalized spacial score (nSPS) is 14.0. The molecule has 0 radical (unpaired) electrons. The molecule has 3 heterocycles. The van der Waals surface area contributed by atoms with E-state index in [2.05, 4.69) is 5.32 Å². The molecule has 1 N–H and O–H groups in total. The fraction of sp³-hybridized carbons (Fsp3) is 0.381. The van der Waals surface area contributed by atoms with Gasteiger partial charge >= 0.3 is 0 Å². The Morgan fingerprint density at radius 3 is 2.85 bits per heavy atom. The van der Waals surface area contributed by atoms with E-state index < -0.39 is 0 Å². The minimum absolute atomic E-state index is 0.0339. The van der Waals surface area contributed by atoms with E-state index in [4.69, 9.17) is 4.98 Å². The van der Waals surface area contributed by atoms with Crippen LogP contribution in [0.5, 0.6) is 0 Å². The molecule has 0 spiro atoms. The fourth-order valence-electron chi connectivity index (χ4n) is 3.84. The van der Waals surface area contributed by atoms with Crippen molar-refractivity contribution in [1.82, 2.24) is 14.1 Å². The van der Waals surface area contributed by atoms with Crippen LogP contribution < -0.4 is 10.9 Å². The van der Waals surface area contributed by atoms with Gasteiger partial charge in [-0.25, -0.2) is 4.98 Å². The molecule has 0 fully saturated rings. The molecular weight excluding hydrogens is 340 g/mol. The Hall–Kier alpha value is -2.89. The average Bonchev–Trinajstić information content (AvgIpc) is 2.79. The van der Waals surface area contributed by atoms with Gasteiger partial charge in [0.05, 0.1) is 5.52 Å². The molecule has 0 bridgehead atoms. The van der Waals surface area contributed by atoms with Crippen LogP contribution in [-0.4, -0.2) is 20.0 Å². The highest BCUT2D eigenvalue weighted by Gasteiger charge is 2.19. The summed E-state index contributed by atoms with van der Waals surface area (Å²) in [7, 11) is 0. The summed E-state index contributed by atoms with van der Waals surface area (Å²) < 4.78 is 3.58. The maximum absolute atomic E-state index is 13.1.